The van der Waals surface area contributed by atoms with Gasteiger partial charge in [-0.2, -0.15) is 0 Å². The second kappa shape index (κ2) is 7.43. The molecule has 4 bridgehead atoms. The molecule has 5 aliphatic rings. The van der Waals surface area contributed by atoms with Gasteiger partial charge in [-0.1, -0.05) is 25.7 Å². The van der Waals surface area contributed by atoms with Gasteiger partial charge in [-0.15, -0.1) is 11.3 Å². The molecule has 0 radical (unpaired) electrons. The summed E-state index contributed by atoms with van der Waals surface area (Å²) in [5.41, 5.74) is 1.32. The first-order valence-electron chi connectivity index (χ1n) is 11.2. The van der Waals surface area contributed by atoms with Crippen LogP contribution >= 0.6 is 11.3 Å². The van der Waals surface area contributed by atoms with E-state index in [2.05, 4.69) is 16.0 Å². The Hall–Kier alpha value is -1.43. The second-order valence-corrected chi connectivity index (χ2v) is 10.7. The molecular formula is C22H31N3O2S. The summed E-state index contributed by atoms with van der Waals surface area (Å²) in [4.78, 5) is 29.6. The molecule has 152 valence electrons. The number of thiazole rings is 1. The Morgan fingerprint density at radius 3 is 2.18 bits per heavy atom. The molecule has 1 aromatic rings. The number of carbonyl (C=O) groups is 2. The zero-order valence-corrected chi connectivity index (χ0v) is 17.4. The van der Waals surface area contributed by atoms with Crippen LogP contribution in [0.5, 0.6) is 0 Å². The predicted molar refractivity (Wildman–Crippen MR) is 109 cm³/mol. The Bertz CT molecular complexity index is 715. The van der Waals surface area contributed by atoms with Crippen LogP contribution in [0.3, 0.4) is 0 Å². The fourth-order valence-electron chi connectivity index (χ4n) is 6.85. The van der Waals surface area contributed by atoms with Crippen molar-refractivity contribution in [1.82, 2.24) is 15.6 Å². The first-order valence-corrected chi connectivity index (χ1v) is 12.1. The van der Waals surface area contributed by atoms with Gasteiger partial charge in [0.1, 0.15) is 0 Å². The summed E-state index contributed by atoms with van der Waals surface area (Å²) in [7, 11) is 0. The summed E-state index contributed by atoms with van der Waals surface area (Å²) >= 11 is 1.39. The highest BCUT2D eigenvalue weighted by Gasteiger charge is 2.52. The molecule has 0 aliphatic heterocycles. The number of nitrogens with one attached hydrogen (secondary N) is 2. The average Bonchev–Trinajstić information content (AvgIpc) is 3.02. The van der Waals surface area contributed by atoms with Gasteiger partial charge in [0.15, 0.2) is 5.01 Å². The van der Waals surface area contributed by atoms with Crippen LogP contribution in [0.25, 0.3) is 0 Å². The number of aromatic nitrogens is 1. The summed E-state index contributed by atoms with van der Waals surface area (Å²) in [6, 6.07) is -0.183. The van der Waals surface area contributed by atoms with E-state index in [1.807, 2.05) is 0 Å². The number of hydrogen-bond acceptors (Lipinski definition) is 4. The maximum Gasteiger partial charge on any atom is 0.321 e. The molecule has 0 spiro atoms. The predicted octanol–water partition coefficient (Wildman–Crippen LogP) is 4.77. The lowest BCUT2D eigenvalue weighted by Crippen LogP contribution is -2.48. The lowest BCUT2D eigenvalue weighted by Gasteiger charge is -2.56. The molecule has 6 rings (SSSR count). The van der Waals surface area contributed by atoms with Crippen molar-refractivity contribution in [3.8, 4) is 0 Å². The lowest BCUT2D eigenvalue weighted by molar-refractivity contribution is -0.00696. The van der Waals surface area contributed by atoms with Gasteiger partial charge in [0.05, 0.1) is 5.69 Å². The van der Waals surface area contributed by atoms with E-state index >= 15 is 0 Å². The number of imide groups is 1. The minimum Gasteiger partial charge on any atom is -0.335 e. The van der Waals surface area contributed by atoms with Crippen molar-refractivity contribution in [2.24, 2.45) is 17.8 Å². The maximum absolute atomic E-state index is 12.6. The van der Waals surface area contributed by atoms with Gasteiger partial charge in [0.2, 0.25) is 0 Å². The van der Waals surface area contributed by atoms with E-state index in [0.29, 0.717) is 5.01 Å². The van der Waals surface area contributed by atoms with Gasteiger partial charge in [-0.25, -0.2) is 9.78 Å². The van der Waals surface area contributed by atoms with Crippen LogP contribution < -0.4 is 10.6 Å². The summed E-state index contributed by atoms with van der Waals surface area (Å²) in [5.74, 6) is 2.22. The quantitative estimate of drug-likeness (QED) is 0.717. The van der Waals surface area contributed by atoms with Gasteiger partial charge in [-0.05, 0) is 69.1 Å². The average molecular weight is 402 g/mol. The molecule has 0 unspecified atom stereocenters. The number of amides is 3. The van der Waals surface area contributed by atoms with Crippen LogP contribution in [0, 0.1) is 17.8 Å². The van der Waals surface area contributed by atoms with E-state index in [9.17, 15) is 9.59 Å². The summed E-state index contributed by atoms with van der Waals surface area (Å²) in [5, 5.41) is 8.01. The molecule has 5 nitrogen and oxygen atoms in total. The van der Waals surface area contributed by atoms with Crippen molar-refractivity contribution in [1.29, 1.82) is 0 Å². The third-order valence-corrected chi connectivity index (χ3v) is 8.54. The van der Waals surface area contributed by atoms with Gasteiger partial charge in [0, 0.05) is 16.8 Å². The molecule has 1 heterocycles. The Morgan fingerprint density at radius 1 is 0.964 bits per heavy atom. The molecular weight excluding hydrogens is 370 g/mol. The Kier molecular flexibility index (Phi) is 4.93. The first-order chi connectivity index (χ1) is 13.6. The number of hydrogen-bond donors (Lipinski definition) is 2. The molecule has 0 atom stereocenters. The van der Waals surface area contributed by atoms with Crippen LogP contribution in [0.15, 0.2) is 5.38 Å². The van der Waals surface area contributed by atoms with Crippen molar-refractivity contribution in [2.75, 3.05) is 0 Å². The Morgan fingerprint density at radius 2 is 1.57 bits per heavy atom. The zero-order chi connectivity index (χ0) is 19.1. The topological polar surface area (TPSA) is 71.1 Å². The van der Waals surface area contributed by atoms with Gasteiger partial charge in [0.25, 0.3) is 5.91 Å². The van der Waals surface area contributed by atoms with Crippen LogP contribution in [-0.2, 0) is 5.41 Å². The molecule has 0 aromatic carbocycles. The van der Waals surface area contributed by atoms with E-state index in [1.54, 1.807) is 0 Å². The van der Waals surface area contributed by atoms with E-state index < -0.39 is 0 Å². The third-order valence-electron chi connectivity index (χ3n) is 7.70. The van der Waals surface area contributed by atoms with Gasteiger partial charge < -0.3 is 5.32 Å². The van der Waals surface area contributed by atoms with Crippen LogP contribution in [-0.4, -0.2) is 23.0 Å². The Labute approximate surface area is 171 Å². The van der Waals surface area contributed by atoms with E-state index in [1.165, 1.54) is 62.7 Å². The van der Waals surface area contributed by atoms with Crippen molar-refractivity contribution in [3.63, 3.8) is 0 Å². The van der Waals surface area contributed by atoms with E-state index in [0.717, 1.165) is 49.1 Å². The molecule has 5 saturated carbocycles. The van der Waals surface area contributed by atoms with Gasteiger partial charge in [-0.3, -0.25) is 10.1 Å². The second-order valence-electron chi connectivity index (χ2n) is 9.85. The molecule has 28 heavy (non-hydrogen) atoms. The molecule has 0 saturated heterocycles. The van der Waals surface area contributed by atoms with Crippen LogP contribution in [0.4, 0.5) is 4.79 Å². The highest BCUT2D eigenvalue weighted by Crippen LogP contribution is 2.60. The largest absolute Gasteiger partial charge is 0.335 e. The monoisotopic (exact) mass is 401 g/mol. The van der Waals surface area contributed by atoms with E-state index in [-0.39, 0.29) is 23.4 Å². The van der Waals surface area contributed by atoms with Gasteiger partial charge >= 0.3 is 6.03 Å². The number of rotatable bonds is 3. The summed E-state index contributed by atoms with van der Waals surface area (Å²) in [6.07, 6.45) is 14.7. The molecule has 3 amide bonds. The fraction of sp³-hybridized carbons (Fsp3) is 0.773. The van der Waals surface area contributed by atoms with E-state index in [4.69, 9.17) is 4.98 Å². The smallest absolute Gasteiger partial charge is 0.321 e. The lowest BCUT2D eigenvalue weighted by atomic mass is 9.49. The molecule has 5 fully saturated rings. The normalized spacial score (nSPS) is 34.8. The summed E-state index contributed by atoms with van der Waals surface area (Å²) in [6.45, 7) is 0. The minimum absolute atomic E-state index is 0.189. The number of carbonyl (C=O) groups excluding carboxylic acids is 2. The van der Waals surface area contributed by atoms with Crippen molar-refractivity contribution >= 4 is 23.3 Å². The summed E-state index contributed by atoms with van der Waals surface area (Å²) < 4.78 is 0. The van der Waals surface area contributed by atoms with Crippen molar-refractivity contribution < 1.29 is 9.59 Å². The highest BCUT2D eigenvalue weighted by atomic mass is 32.1. The SMILES string of the molecule is O=C(NC(=O)c1nc(C23CC4CC(CC(C4)C2)C3)cs1)NC1CCCCCC1. The maximum atomic E-state index is 12.6. The zero-order valence-electron chi connectivity index (χ0n) is 16.5. The molecule has 6 heteroatoms. The molecule has 2 N–H and O–H groups in total. The first kappa shape index (κ1) is 18.6. The Balaban J connectivity index is 1.22. The van der Waals surface area contributed by atoms with Crippen LogP contribution in [0.1, 0.15) is 92.5 Å². The molecule has 5 aliphatic carbocycles. The van der Waals surface area contributed by atoms with Crippen LogP contribution in [0.2, 0.25) is 0 Å². The van der Waals surface area contributed by atoms with Crippen molar-refractivity contribution in [3.05, 3.63) is 16.1 Å². The molecule has 1 aromatic heterocycles. The number of nitrogens with zero attached hydrogens (tertiary/aromatic N) is 1. The fourth-order valence-corrected chi connectivity index (χ4v) is 7.68. The standard InChI is InChI=1S/C22H31N3O2S/c26-19(25-21(27)23-17-5-3-1-2-4-6-17)20-24-18(13-28-20)22-10-14-7-15(11-22)9-16(8-14)12-22/h13-17H,1-12H2,(H2,23,25,26,27). The third kappa shape index (κ3) is 3.60. The highest BCUT2D eigenvalue weighted by molar-refractivity contribution is 7.11. The number of urea groups is 1. The van der Waals surface area contributed by atoms with Crippen molar-refractivity contribution in [2.45, 2.75) is 88.5 Å². The minimum atomic E-state index is -0.372.